The monoisotopic (exact) mass is 312 g/mol. The van der Waals surface area contributed by atoms with Crippen LogP contribution in [0.15, 0.2) is 48.8 Å². The van der Waals surface area contributed by atoms with Crippen molar-refractivity contribution in [3.8, 4) is 5.75 Å². The highest BCUT2D eigenvalue weighted by Gasteiger charge is 2.25. The summed E-state index contributed by atoms with van der Waals surface area (Å²) in [6, 6.07) is 11.2. The summed E-state index contributed by atoms with van der Waals surface area (Å²) in [5.41, 5.74) is 1.65. The third-order valence-electron chi connectivity index (χ3n) is 4.01. The average Bonchev–Trinajstić information content (AvgIpc) is 2.63. The van der Waals surface area contributed by atoms with Gasteiger partial charge < -0.3 is 14.8 Å². The number of carbonyl (C=O) groups excluding carboxylic acids is 1. The molecule has 3 rings (SSSR count). The van der Waals surface area contributed by atoms with Crippen molar-refractivity contribution in [2.24, 2.45) is 0 Å². The summed E-state index contributed by atoms with van der Waals surface area (Å²) in [4.78, 5) is 16.5. The van der Waals surface area contributed by atoms with E-state index in [0.717, 1.165) is 18.4 Å². The summed E-state index contributed by atoms with van der Waals surface area (Å²) in [5.74, 6) is 0.596. The van der Waals surface area contributed by atoms with Gasteiger partial charge in [-0.05, 0) is 42.7 Å². The summed E-state index contributed by atoms with van der Waals surface area (Å²) in [6.45, 7) is 0.628. The zero-order valence-corrected chi connectivity index (χ0v) is 13.1. The number of carbonyl (C=O) groups is 1. The fourth-order valence-electron chi connectivity index (χ4n) is 2.76. The Labute approximate surface area is 135 Å². The van der Waals surface area contributed by atoms with E-state index in [0.29, 0.717) is 17.9 Å². The quantitative estimate of drug-likeness (QED) is 0.943. The average molecular weight is 312 g/mol. The minimum Gasteiger partial charge on any atom is -0.497 e. The van der Waals surface area contributed by atoms with Gasteiger partial charge in [0.1, 0.15) is 5.75 Å². The Morgan fingerprint density at radius 1 is 1.35 bits per heavy atom. The van der Waals surface area contributed by atoms with Gasteiger partial charge in [0.15, 0.2) is 0 Å². The number of nitrogens with one attached hydrogen (secondary N) is 1. The molecule has 0 radical (unpaired) electrons. The molecule has 5 nitrogen and oxygen atoms in total. The van der Waals surface area contributed by atoms with Crippen LogP contribution in [-0.2, 0) is 4.74 Å². The lowest BCUT2D eigenvalue weighted by molar-refractivity contribution is 0.000723. The molecule has 2 unspecified atom stereocenters. The van der Waals surface area contributed by atoms with E-state index in [2.05, 4.69) is 10.3 Å². The highest BCUT2D eigenvalue weighted by molar-refractivity contribution is 5.94. The SMILES string of the molecule is COc1cccc(C(=O)NC2CCOC(c3cccnc3)C2)c1. The van der Waals surface area contributed by atoms with Crippen LogP contribution < -0.4 is 10.1 Å². The summed E-state index contributed by atoms with van der Waals surface area (Å²) < 4.78 is 11.0. The van der Waals surface area contributed by atoms with Gasteiger partial charge in [-0.2, -0.15) is 0 Å². The maximum absolute atomic E-state index is 12.4. The minimum atomic E-state index is -0.0827. The zero-order chi connectivity index (χ0) is 16.1. The first kappa shape index (κ1) is 15.5. The Bertz CT molecular complexity index is 660. The second-order valence-electron chi connectivity index (χ2n) is 5.57. The number of amides is 1. The number of hydrogen-bond acceptors (Lipinski definition) is 4. The Balaban J connectivity index is 1.64. The Hall–Kier alpha value is -2.40. The molecule has 120 valence electrons. The molecule has 0 spiro atoms. The predicted molar refractivity (Wildman–Crippen MR) is 86.4 cm³/mol. The predicted octanol–water partition coefficient (Wildman–Crippen LogP) is 2.74. The van der Waals surface area contributed by atoms with E-state index in [1.165, 1.54) is 0 Å². The van der Waals surface area contributed by atoms with Crippen molar-refractivity contribution in [2.45, 2.75) is 25.0 Å². The van der Waals surface area contributed by atoms with Gasteiger partial charge in [0, 0.05) is 30.6 Å². The van der Waals surface area contributed by atoms with E-state index in [-0.39, 0.29) is 18.1 Å². The molecule has 23 heavy (non-hydrogen) atoms. The van der Waals surface area contributed by atoms with Crippen LogP contribution in [0.5, 0.6) is 5.75 Å². The summed E-state index contributed by atoms with van der Waals surface area (Å²) >= 11 is 0. The first-order valence-corrected chi connectivity index (χ1v) is 7.72. The molecule has 1 amide bonds. The molecule has 2 atom stereocenters. The van der Waals surface area contributed by atoms with Crippen LogP contribution in [-0.4, -0.2) is 30.6 Å². The molecule has 0 saturated carbocycles. The van der Waals surface area contributed by atoms with E-state index < -0.39 is 0 Å². The van der Waals surface area contributed by atoms with E-state index >= 15 is 0 Å². The highest BCUT2D eigenvalue weighted by Crippen LogP contribution is 2.27. The fourth-order valence-corrected chi connectivity index (χ4v) is 2.76. The highest BCUT2D eigenvalue weighted by atomic mass is 16.5. The zero-order valence-electron chi connectivity index (χ0n) is 13.1. The number of benzene rings is 1. The van der Waals surface area contributed by atoms with Gasteiger partial charge in [0.05, 0.1) is 13.2 Å². The van der Waals surface area contributed by atoms with Crippen LogP contribution >= 0.6 is 0 Å². The first-order valence-electron chi connectivity index (χ1n) is 7.72. The summed E-state index contributed by atoms with van der Waals surface area (Å²) in [6.07, 6.45) is 5.10. The lowest BCUT2D eigenvalue weighted by Crippen LogP contribution is -2.39. The number of pyridine rings is 1. The molecule has 1 saturated heterocycles. The molecule has 1 fully saturated rings. The van der Waals surface area contributed by atoms with E-state index in [1.54, 1.807) is 25.4 Å². The van der Waals surface area contributed by atoms with Gasteiger partial charge >= 0.3 is 0 Å². The molecule has 5 heteroatoms. The van der Waals surface area contributed by atoms with E-state index in [9.17, 15) is 4.79 Å². The van der Waals surface area contributed by atoms with Crippen molar-refractivity contribution >= 4 is 5.91 Å². The van der Waals surface area contributed by atoms with Crippen molar-refractivity contribution < 1.29 is 14.3 Å². The van der Waals surface area contributed by atoms with Crippen LogP contribution in [0.2, 0.25) is 0 Å². The number of aromatic nitrogens is 1. The number of ether oxygens (including phenoxy) is 2. The van der Waals surface area contributed by atoms with Crippen LogP contribution in [0, 0.1) is 0 Å². The second-order valence-corrected chi connectivity index (χ2v) is 5.57. The van der Waals surface area contributed by atoms with Gasteiger partial charge in [0.25, 0.3) is 5.91 Å². The molecule has 2 heterocycles. The summed E-state index contributed by atoms with van der Waals surface area (Å²) in [7, 11) is 1.59. The number of hydrogen-bond donors (Lipinski definition) is 1. The molecule has 1 N–H and O–H groups in total. The molecule has 1 aliphatic rings. The molecule has 1 aromatic heterocycles. The molecular formula is C18H20N2O3. The third-order valence-corrected chi connectivity index (χ3v) is 4.01. The largest absolute Gasteiger partial charge is 0.497 e. The Morgan fingerprint density at radius 2 is 2.26 bits per heavy atom. The van der Waals surface area contributed by atoms with Gasteiger partial charge in [0.2, 0.25) is 0 Å². The molecular weight excluding hydrogens is 292 g/mol. The summed E-state index contributed by atoms with van der Waals surface area (Å²) in [5, 5.41) is 3.09. The fraction of sp³-hybridized carbons (Fsp3) is 0.333. The molecule has 2 aromatic rings. The number of methoxy groups -OCH3 is 1. The van der Waals surface area contributed by atoms with Crippen molar-refractivity contribution in [1.29, 1.82) is 0 Å². The number of rotatable bonds is 4. The van der Waals surface area contributed by atoms with Crippen LogP contribution in [0.1, 0.15) is 34.9 Å². The van der Waals surface area contributed by atoms with E-state index in [4.69, 9.17) is 9.47 Å². The standard InChI is InChI=1S/C18H20N2O3/c1-22-16-6-2-4-13(10-16)18(21)20-15-7-9-23-17(11-15)14-5-3-8-19-12-14/h2-6,8,10,12,15,17H,7,9,11H2,1H3,(H,20,21). The molecule has 1 aliphatic heterocycles. The minimum absolute atomic E-state index is 0.0203. The smallest absolute Gasteiger partial charge is 0.251 e. The normalized spacial score (nSPS) is 20.7. The van der Waals surface area contributed by atoms with Crippen molar-refractivity contribution in [2.75, 3.05) is 13.7 Å². The second kappa shape index (κ2) is 7.24. The van der Waals surface area contributed by atoms with E-state index in [1.807, 2.05) is 30.5 Å². The van der Waals surface area contributed by atoms with Crippen LogP contribution in [0.3, 0.4) is 0 Å². The van der Waals surface area contributed by atoms with Gasteiger partial charge in [-0.1, -0.05) is 12.1 Å². The lowest BCUT2D eigenvalue weighted by Gasteiger charge is -2.30. The maximum Gasteiger partial charge on any atom is 0.251 e. The Morgan fingerprint density at radius 3 is 3.04 bits per heavy atom. The topological polar surface area (TPSA) is 60.5 Å². The first-order chi connectivity index (χ1) is 11.3. The maximum atomic E-state index is 12.4. The van der Waals surface area contributed by atoms with Crippen molar-refractivity contribution in [3.05, 3.63) is 59.9 Å². The van der Waals surface area contributed by atoms with Gasteiger partial charge in [-0.25, -0.2) is 0 Å². The molecule has 1 aromatic carbocycles. The van der Waals surface area contributed by atoms with Crippen LogP contribution in [0.4, 0.5) is 0 Å². The lowest BCUT2D eigenvalue weighted by atomic mass is 9.98. The number of nitrogens with zero attached hydrogens (tertiary/aromatic N) is 1. The van der Waals surface area contributed by atoms with Gasteiger partial charge in [-0.3, -0.25) is 9.78 Å². The molecule has 0 bridgehead atoms. The van der Waals surface area contributed by atoms with Crippen molar-refractivity contribution in [3.63, 3.8) is 0 Å². The van der Waals surface area contributed by atoms with Crippen molar-refractivity contribution in [1.82, 2.24) is 10.3 Å². The molecule has 0 aliphatic carbocycles. The third kappa shape index (κ3) is 3.87. The Kier molecular flexibility index (Phi) is 4.88. The van der Waals surface area contributed by atoms with Crippen LogP contribution in [0.25, 0.3) is 0 Å². The van der Waals surface area contributed by atoms with Gasteiger partial charge in [-0.15, -0.1) is 0 Å².